The van der Waals surface area contributed by atoms with E-state index in [2.05, 4.69) is 37.5 Å². The van der Waals surface area contributed by atoms with E-state index in [1.54, 1.807) is 42.5 Å². The van der Waals surface area contributed by atoms with Gasteiger partial charge < -0.3 is 29.3 Å². The molecule has 0 aliphatic carbocycles. The van der Waals surface area contributed by atoms with Crippen molar-refractivity contribution in [3.8, 4) is 28.7 Å². The molecule has 0 spiro atoms. The fraction of sp³-hybridized carbons (Fsp3) is 0.237. The highest BCUT2D eigenvalue weighted by Gasteiger charge is 2.20. The van der Waals surface area contributed by atoms with Gasteiger partial charge in [0.2, 0.25) is 5.43 Å². The molecule has 7 rings (SSSR count). The topological polar surface area (TPSA) is 124 Å². The number of carbonyl (C=O) groups is 1. The Bertz CT molecular complexity index is 2330. The first kappa shape index (κ1) is 34.5. The molecule has 1 N–H and O–H groups in total. The highest BCUT2D eigenvalue weighted by Crippen LogP contribution is 2.37. The minimum Gasteiger partial charge on any atom is -0.493 e. The zero-order chi connectivity index (χ0) is 36.2. The number of likely N-dealkylation sites (N-methyl/N-ethyl adjacent to an activating group) is 1. The summed E-state index contributed by atoms with van der Waals surface area (Å²) in [6, 6.07) is 19.4. The summed E-state index contributed by atoms with van der Waals surface area (Å²) in [5, 5.41) is 15.8. The quantitative estimate of drug-likeness (QED) is 0.168. The molecule has 52 heavy (non-hydrogen) atoms. The minimum absolute atomic E-state index is 0.0512. The van der Waals surface area contributed by atoms with E-state index >= 15 is 4.39 Å². The van der Waals surface area contributed by atoms with E-state index in [-0.39, 0.29) is 22.6 Å². The number of nitrogens with one attached hydrogen (secondary N) is 1. The number of para-hydroxylation sites is 1. The third-order valence-electron chi connectivity index (χ3n) is 8.83. The van der Waals surface area contributed by atoms with Gasteiger partial charge in [-0.3, -0.25) is 9.59 Å². The van der Waals surface area contributed by atoms with Gasteiger partial charge in [-0.1, -0.05) is 18.2 Å². The molecule has 266 valence electrons. The third kappa shape index (κ3) is 7.38. The number of piperazine rings is 1. The van der Waals surface area contributed by atoms with Gasteiger partial charge in [-0.25, -0.2) is 13.5 Å². The van der Waals surface area contributed by atoms with E-state index in [0.717, 1.165) is 45.2 Å². The highest BCUT2D eigenvalue weighted by atomic mass is 19.1. The molecular formula is C38H35F2N7O5. The second-order valence-corrected chi connectivity index (χ2v) is 12.4. The molecule has 1 aliphatic rings. The number of ether oxygens (including phenoxy) is 3. The average Bonchev–Trinajstić information content (AvgIpc) is 3.15. The van der Waals surface area contributed by atoms with Crippen LogP contribution in [0.5, 0.6) is 23.0 Å². The number of methoxy groups -OCH3 is 1. The van der Waals surface area contributed by atoms with Crippen LogP contribution in [-0.2, 0) is 0 Å². The molecule has 0 unspecified atom stereocenters. The number of fused-ring (bicyclic) bond motifs is 2. The van der Waals surface area contributed by atoms with E-state index in [0.29, 0.717) is 40.2 Å². The van der Waals surface area contributed by atoms with Crippen LogP contribution in [0, 0.1) is 11.6 Å². The lowest BCUT2D eigenvalue weighted by Crippen LogP contribution is -2.44. The maximum atomic E-state index is 15.5. The smallest absolute Gasteiger partial charge is 0.280 e. The van der Waals surface area contributed by atoms with Crippen molar-refractivity contribution in [2.75, 3.05) is 58.8 Å². The van der Waals surface area contributed by atoms with Gasteiger partial charge in [0.05, 0.1) is 41.9 Å². The predicted molar refractivity (Wildman–Crippen MR) is 192 cm³/mol. The summed E-state index contributed by atoms with van der Waals surface area (Å²) in [5.74, 6) is -1.13. The molecule has 2 aromatic heterocycles. The molecule has 0 atom stereocenters. The van der Waals surface area contributed by atoms with Gasteiger partial charge in [0, 0.05) is 50.5 Å². The SMILES string of the molecule is COc1cc2c(Oc3ccc(NC(=O)c4nn(-c5cccc(F)c5)c5ccccc5c4=O)cc3F)cnnc2cc1OCCCN1CCN(C)CC1. The molecule has 4 aromatic carbocycles. The number of halogens is 2. The largest absolute Gasteiger partial charge is 0.493 e. The zero-order valence-corrected chi connectivity index (χ0v) is 28.5. The Morgan fingerprint density at radius 3 is 2.50 bits per heavy atom. The molecule has 14 heteroatoms. The fourth-order valence-electron chi connectivity index (χ4n) is 6.04. The lowest BCUT2D eigenvalue weighted by molar-refractivity contribution is 0.102. The number of aromatic nitrogens is 4. The number of hydrogen-bond donors (Lipinski definition) is 1. The van der Waals surface area contributed by atoms with Crippen LogP contribution in [0.25, 0.3) is 27.5 Å². The van der Waals surface area contributed by atoms with Crippen LogP contribution in [0.4, 0.5) is 14.5 Å². The summed E-state index contributed by atoms with van der Waals surface area (Å²) in [6.45, 7) is 5.62. The standard InChI is InChI=1S/C38H35F2N7O5/c1-45-14-16-46(17-15-45)13-6-18-51-34-22-30-28(21-33(34)50-2)35(23-41-43-30)52-32-12-11-25(20-29(32)40)42-38(49)36-37(48)27-9-3-4-10-31(27)47(44-36)26-8-5-7-24(39)19-26/h3-5,7-12,19-23H,6,13-18H2,1-2H3,(H,42,49). The molecule has 1 saturated heterocycles. The van der Waals surface area contributed by atoms with Crippen LogP contribution in [0.15, 0.2) is 89.9 Å². The van der Waals surface area contributed by atoms with Gasteiger partial charge in [-0.2, -0.15) is 15.3 Å². The Balaban J connectivity index is 1.07. The highest BCUT2D eigenvalue weighted by molar-refractivity contribution is 6.04. The first-order valence-corrected chi connectivity index (χ1v) is 16.7. The minimum atomic E-state index is -0.872. The van der Waals surface area contributed by atoms with E-state index < -0.39 is 28.7 Å². The van der Waals surface area contributed by atoms with Crippen molar-refractivity contribution in [2.24, 2.45) is 0 Å². The molecule has 0 bridgehead atoms. The predicted octanol–water partition coefficient (Wildman–Crippen LogP) is 5.68. The number of nitrogens with zero attached hydrogens (tertiary/aromatic N) is 6. The van der Waals surface area contributed by atoms with Crippen molar-refractivity contribution in [3.63, 3.8) is 0 Å². The van der Waals surface area contributed by atoms with Crippen molar-refractivity contribution >= 4 is 33.4 Å². The zero-order valence-electron chi connectivity index (χ0n) is 28.5. The van der Waals surface area contributed by atoms with Crippen molar-refractivity contribution in [3.05, 3.63) is 113 Å². The summed E-state index contributed by atoms with van der Waals surface area (Å²) in [4.78, 5) is 31.4. The molecule has 0 saturated carbocycles. The van der Waals surface area contributed by atoms with Crippen LogP contribution in [-0.4, -0.2) is 89.2 Å². The van der Waals surface area contributed by atoms with E-state index in [4.69, 9.17) is 14.2 Å². The van der Waals surface area contributed by atoms with Crippen molar-refractivity contribution in [1.29, 1.82) is 0 Å². The van der Waals surface area contributed by atoms with Gasteiger partial charge in [0.1, 0.15) is 11.3 Å². The average molecular weight is 708 g/mol. The number of anilines is 1. The molecule has 6 aromatic rings. The number of rotatable bonds is 11. The second-order valence-electron chi connectivity index (χ2n) is 12.4. The molecule has 3 heterocycles. The van der Waals surface area contributed by atoms with Crippen molar-refractivity contribution in [1.82, 2.24) is 29.8 Å². The molecular weight excluding hydrogens is 672 g/mol. The number of amides is 1. The van der Waals surface area contributed by atoms with Crippen LogP contribution in [0.2, 0.25) is 0 Å². The fourth-order valence-corrected chi connectivity index (χ4v) is 6.04. The number of benzene rings is 4. The Morgan fingerprint density at radius 2 is 1.71 bits per heavy atom. The van der Waals surface area contributed by atoms with Gasteiger partial charge in [0.15, 0.2) is 34.5 Å². The molecule has 1 amide bonds. The van der Waals surface area contributed by atoms with Gasteiger partial charge in [-0.15, -0.1) is 0 Å². The summed E-state index contributed by atoms with van der Waals surface area (Å²) < 4.78 is 48.4. The Kier molecular flexibility index (Phi) is 10.00. The molecule has 0 radical (unpaired) electrons. The summed E-state index contributed by atoms with van der Waals surface area (Å²) in [7, 11) is 3.66. The van der Waals surface area contributed by atoms with Gasteiger partial charge in [0.25, 0.3) is 5.91 Å². The number of carbonyl (C=O) groups excluding carboxylic acids is 1. The van der Waals surface area contributed by atoms with Crippen molar-refractivity contribution < 1.29 is 27.8 Å². The Morgan fingerprint density at radius 1 is 0.885 bits per heavy atom. The molecule has 1 aliphatic heterocycles. The van der Waals surface area contributed by atoms with Crippen molar-refractivity contribution in [2.45, 2.75) is 6.42 Å². The maximum absolute atomic E-state index is 15.5. The van der Waals surface area contributed by atoms with Gasteiger partial charge in [-0.05, 0) is 62.0 Å². The maximum Gasteiger partial charge on any atom is 0.280 e. The summed E-state index contributed by atoms with van der Waals surface area (Å²) in [6.07, 6.45) is 2.21. The first-order chi connectivity index (χ1) is 25.3. The third-order valence-corrected chi connectivity index (χ3v) is 8.83. The van der Waals surface area contributed by atoms with Crippen LogP contribution in [0.3, 0.4) is 0 Å². The van der Waals surface area contributed by atoms with E-state index in [1.165, 1.54) is 48.3 Å². The van der Waals surface area contributed by atoms with E-state index in [9.17, 15) is 14.0 Å². The van der Waals surface area contributed by atoms with Crippen LogP contribution < -0.4 is 25.0 Å². The van der Waals surface area contributed by atoms with Crippen LogP contribution in [0.1, 0.15) is 16.9 Å². The normalized spacial score (nSPS) is 13.7. The first-order valence-electron chi connectivity index (χ1n) is 16.7. The van der Waals surface area contributed by atoms with Gasteiger partial charge >= 0.3 is 0 Å². The lowest BCUT2D eigenvalue weighted by Gasteiger charge is -2.32. The Hall–Kier alpha value is -5.99. The summed E-state index contributed by atoms with van der Waals surface area (Å²) >= 11 is 0. The second kappa shape index (κ2) is 15.1. The monoisotopic (exact) mass is 707 g/mol. The Labute approximate surface area is 297 Å². The lowest BCUT2D eigenvalue weighted by atomic mass is 10.1. The molecule has 1 fully saturated rings. The molecule has 12 nitrogen and oxygen atoms in total. The summed E-state index contributed by atoms with van der Waals surface area (Å²) in [5.41, 5.74) is 0.129. The number of hydrogen-bond acceptors (Lipinski definition) is 10. The van der Waals surface area contributed by atoms with Crippen LogP contribution >= 0.6 is 0 Å². The van der Waals surface area contributed by atoms with E-state index in [1.807, 2.05) is 0 Å².